The van der Waals surface area contributed by atoms with Crippen LogP contribution in [0.4, 0.5) is 11.4 Å². The van der Waals surface area contributed by atoms with Crippen molar-refractivity contribution in [1.82, 2.24) is 0 Å². The van der Waals surface area contributed by atoms with Gasteiger partial charge in [0.2, 0.25) is 0 Å². The number of halogens is 1. The number of phenols is 2. The Kier molecular flexibility index (Phi) is 3.70. The molecule has 0 heterocycles. The zero-order chi connectivity index (χ0) is 11.7. The van der Waals surface area contributed by atoms with E-state index in [-0.39, 0.29) is 23.9 Å². The molecule has 0 amide bonds. The Bertz CT molecular complexity index is 495. The van der Waals surface area contributed by atoms with Crippen molar-refractivity contribution in [3.63, 3.8) is 0 Å². The topological polar surface area (TPSA) is 92.5 Å². The Labute approximate surface area is 105 Å². The third kappa shape index (κ3) is 2.54. The van der Waals surface area contributed by atoms with Gasteiger partial charge in [-0.25, -0.2) is 0 Å². The molecule has 0 atom stereocenters. The molecule has 0 saturated carbocycles. The SMILES string of the molecule is Cl.Nc1cc(-c2ccc(O)c(N)c2)ccc1O. The molecule has 0 aromatic heterocycles. The van der Waals surface area contributed by atoms with Crippen LogP contribution < -0.4 is 11.5 Å². The second-order valence-corrected chi connectivity index (χ2v) is 3.55. The number of hydrogen-bond donors (Lipinski definition) is 4. The maximum Gasteiger partial charge on any atom is 0.138 e. The van der Waals surface area contributed by atoms with Crippen LogP contribution in [0.1, 0.15) is 0 Å². The Balaban J connectivity index is 0.00000144. The highest BCUT2D eigenvalue weighted by Crippen LogP contribution is 2.31. The molecule has 2 aromatic carbocycles. The van der Waals surface area contributed by atoms with Crippen molar-refractivity contribution in [3.8, 4) is 22.6 Å². The maximum atomic E-state index is 9.30. The Morgan fingerprint density at radius 1 is 0.706 bits per heavy atom. The Morgan fingerprint density at radius 2 is 1.06 bits per heavy atom. The van der Waals surface area contributed by atoms with E-state index in [9.17, 15) is 10.2 Å². The molecule has 4 nitrogen and oxygen atoms in total. The molecule has 0 radical (unpaired) electrons. The summed E-state index contributed by atoms with van der Waals surface area (Å²) in [6, 6.07) is 9.82. The summed E-state index contributed by atoms with van der Waals surface area (Å²) in [7, 11) is 0. The molecule has 0 spiro atoms. The molecule has 0 bridgehead atoms. The molecular formula is C12H13ClN2O2. The summed E-state index contributed by atoms with van der Waals surface area (Å²) in [4.78, 5) is 0. The summed E-state index contributed by atoms with van der Waals surface area (Å²) in [5, 5.41) is 18.6. The van der Waals surface area contributed by atoms with Crippen LogP contribution in [0.25, 0.3) is 11.1 Å². The molecule has 90 valence electrons. The summed E-state index contributed by atoms with van der Waals surface area (Å²) in [6.07, 6.45) is 0. The molecule has 0 unspecified atom stereocenters. The van der Waals surface area contributed by atoms with Crippen LogP contribution in [-0.2, 0) is 0 Å². The third-order valence-corrected chi connectivity index (χ3v) is 2.39. The minimum absolute atomic E-state index is 0. The minimum atomic E-state index is 0. The number of hydrogen-bond acceptors (Lipinski definition) is 4. The third-order valence-electron chi connectivity index (χ3n) is 2.39. The lowest BCUT2D eigenvalue weighted by molar-refractivity contribution is 0.477. The molecule has 0 aliphatic carbocycles. The molecule has 0 aliphatic heterocycles. The van der Waals surface area contributed by atoms with Crippen molar-refractivity contribution in [2.45, 2.75) is 0 Å². The monoisotopic (exact) mass is 252 g/mol. The van der Waals surface area contributed by atoms with E-state index in [0.717, 1.165) is 11.1 Å². The van der Waals surface area contributed by atoms with Gasteiger partial charge in [0.15, 0.2) is 0 Å². The fourth-order valence-corrected chi connectivity index (χ4v) is 1.47. The second kappa shape index (κ2) is 4.84. The van der Waals surface area contributed by atoms with Gasteiger partial charge in [0, 0.05) is 0 Å². The molecule has 17 heavy (non-hydrogen) atoms. The largest absolute Gasteiger partial charge is 0.506 e. The first-order valence-electron chi connectivity index (χ1n) is 4.75. The summed E-state index contributed by atoms with van der Waals surface area (Å²) in [5.74, 6) is 0.103. The lowest BCUT2D eigenvalue weighted by atomic mass is 10.0. The van der Waals surface area contributed by atoms with Crippen molar-refractivity contribution in [1.29, 1.82) is 0 Å². The quantitative estimate of drug-likeness (QED) is 0.463. The van der Waals surface area contributed by atoms with E-state index in [0.29, 0.717) is 11.4 Å². The number of nitrogens with two attached hydrogens (primary N) is 2. The zero-order valence-corrected chi connectivity index (χ0v) is 9.74. The number of aromatic hydroxyl groups is 2. The van der Waals surface area contributed by atoms with Crippen LogP contribution >= 0.6 is 12.4 Å². The lowest BCUT2D eigenvalue weighted by Crippen LogP contribution is -1.89. The number of phenolic OH excluding ortho intramolecular Hbond substituents is 2. The van der Waals surface area contributed by atoms with Gasteiger partial charge in [-0.15, -0.1) is 12.4 Å². The van der Waals surface area contributed by atoms with E-state index in [1.165, 1.54) is 12.1 Å². The van der Waals surface area contributed by atoms with Gasteiger partial charge >= 0.3 is 0 Å². The van der Waals surface area contributed by atoms with E-state index in [2.05, 4.69) is 0 Å². The number of rotatable bonds is 1. The van der Waals surface area contributed by atoms with Crippen molar-refractivity contribution in [2.24, 2.45) is 0 Å². The van der Waals surface area contributed by atoms with Crippen LogP contribution in [0.3, 0.4) is 0 Å². The molecule has 2 aromatic rings. The van der Waals surface area contributed by atoms with E-state index < -0.39 is 0 Å². The highest BCUT2D eigenvalue weighted by atomic mass is 35.5. The molecular weight excluding hydrogens is 240 g/mol. The van der Waals surface area contributed by atoms with Crippen LogP contribution in [-0.4, -0.2) is 10.2 Å². The fraction of sp³-hybridized carbons (Fsp3) is 0. The summed E-state index contributed by atoms with van der Waals surface area (Å²) >= 11 is 0. The van der Waals surface area contributed by atoms with Gasteiger partial charge in [-0.3, -0.25) is 0 Å². The predicted molar refractivity (Wildman–Crippen MR) is 71.3 cm³/mol. The minimum Gasteiger partial charge on any atom is -0.506 e. The molecule has 2 rings (SSSR count). The van der Waals surface area contributed by atoms with Gasteiger partial charge in [-0.1, -0.05) is 12.1 Å². The normalized spacial score (nSPS) is 9.65. The summed E-state index contributed by atoms with van der Waals surface area (Å²) in [6.45, 7) is 0. The van der Waals surface area contributed by atoms with Crippen molar-refractivity contribution in [3.05, 3.63) is 36.4 Å². The zero-order valence-electron chi connectivity index (χ0n) is 8.92. The summed E-state index contributed by atoms with van der Waals surface area (Å²) in [5.41, 5.74) is 13.5. The van der Waals surface area contributed by atoms with Crippen LogP contribution in [0.2, 0.25) is 0 Å². The van der Waals surface area contributed by atoms with E-state index in [4.69, 9.17) is 11.5 Å². The van der Waals surface area contributed by atoms with Gasteiger partial charge in [0.1, 0.15) is 11.5 Å². The second-order valence-electron chi connectivity index (χ2n) is 3.55. The van der Waals surface area contributed by atoms with E-state index in [1.54, 1.807) is 24.3 Å². The first kappa shape index (κ1) is 13.0. The van der Waals surface area contributed by atoms with Crippen LogP contribution in [0, 0.1) is 0 Å². The van der Waals surface area contributed by atoms with Crippen LogP contribution in [0.15, 0.2) is 36.4 Å². The summed E-state index contributed by atoms with van der Waals surface area (Å²) < 4.78 is 0. The fourth-order valence-electron chi connectivity index (χ4n) is 1.47. The highest BCUT2D eigenvalue weighted by Gasteiger charge is 2.04. The van der Waals surface area contributed by atoms with Gasteiger partial charge in [0.05, 0.1) is 11.4 Å². The van der Waals surface area contributed by atoms with Gasteiger partial charge in [-0.05, 0) is 35.4 Å². The molecule has 0 saturated heterocycles. The molecule has 0 aliphatic rings. The standard InChI is InChI=1S/C12H12N2O2.ClH/c13-9-5-7(1-3-11(9)15)8-2-4-12(16)10(14)6-8;/h1-6,15-16H,13-14H2;1H. The van der Waals surface area contributed by atoms with Gasteiger partial charge < -0.3 is 21.7 Å². The maximum absolute atomic E-state index is 9.30. The average Bonchev–Trinajstić information content (AvgIpc) is 2.26. The molecule has 0 fully saturated rings. The Hall–Kier alpha value is -2.07. The predicted octanol–water partition coefficient (Wildman–Crippen LogP) is 2.35. The van der Waals surface area contributed by atoms with Crippen molar-refractivity contribution < 1.29 is 10.2 Å². The Morgan fingerprint density at radius 3 is 1.35 bits per heavy atom. The van der Waals surface area contributed by atoms with Crippen molar-refractivity contribution in [2.75, 3.05) is 11.5 Å². The van der Waals surface area contributed by atoms with E-state index in [1.807, 2.05) is 0 Å². The highest BCUT2D eigenvalue weighted by molar-refractivity contribution is 5.85. The number of benzene rings is 2. The average molecular weight is 253 g/mol. The van der Waals surface area contributed by atoms with Crippen LogP contribution in [0.5, 0.6) is 11.5 Å². The molecule has 6 N–H and O–H groups in total. The van der Waals surface area contributed by atoms with Gasteiger partial charge in [-0.2, -0.15) is 0 Å². The molecule has 5 heteroatoms. The number of nitrogen functional groups attached to an aromatic ring is 2. The van der Waals surface area contributed by atoms with Crippen molar-refractivity contribution >= 4 is 23.8 Å². The van der Waals surface area contributed by atoms with E-state index >= 15 is 0 Å². The first-order valence-corrected chi connectivity index (χ1v) is 4.75. The first-order chi connectivity index (χ1) is 7.58. The van der Waals surface area contributed by atoms with Gasteiger partial charge in [0.25, 0.3) is 0 Å². The lowest BCUT2D eigenvalue weighted by Gasteiger charge is -2.06. The smallest absolute Gasteiger partial charge is 0.138 e. The number of anilines is 2.